The van der Waals surface area contributed by atoms with E-state index in [4.69, 9.17) is 0 Å². The van der Waals surface area contributed by atoms with Crippen molar-refractivity contribution in [3.8, 4) is 0 Å². The molecule has 2 rings (SSSR count). The molecule has 1 saturated heterocycles. The van der Waals surface area contributed by atoms with E-state index in [1.807, 2.05) is 0 Å². The fraction of sp³-hybridized carbons (Fsp3) is 0.500. The van der Waals surface area contributed by atoms with Crippen LogP contribution in [-0.2, 0) is 0 Å². The highest BCUT2D eigenvalue weighted by molar-refractivity contribution is 5.26. The molecule has 13 heavy (non-hydrogen) atoms. The molecule has 0 spiro atoms. The number of nitrogens with zero attached hydrogens (tertiary/aromatic N) is 1. The van der Waals surface area contributed by atoms with E-state index in [0.29, 0.717) is 12.1 Å². The van der Waals surface area contributed by atoms with Crippen molar-refractivity contribution in [2.45, 2.75) is 38.9 Å². The van der Waals surface area contributed by atoms with Crippen LogP contribution in [0.15, 0.2) is 30.3 Å². The van der Waals surface area contributed by atoms with E-state index in [-0.39, 0.29) is 0 Å². The van der Waals surface area contributed by atoms with Crippen LogP contribution in [0.25, 0.3) is 0 Å². The SMILES string of the molecule is CC(C)N1C(C)C1c1ccccc1. The second-order valence-electron chi connectivity index (χ2n) is 4.14. The Kier molecular flexibility index (Phi) is 2.12. The van der Waals surface area contributed by atoms with Gasteiger partial charge in [0.05, 0.1) is 6.04 Å². The lowest BCUT2D eigenvalue weighted by Gasteiger charge is -2.06. The molecule has 1 nitrogen and oxygen atoms in total. The van der Waals surface area contributed by atoms with Gasteiger partial charge in [0.15, 0.2) is 0 Å². The molecule has 1 heteroatoms. The molecular weight excluding hydrogens is 158 g/mol. The van der Waals surface area contributed by atoms with Crippen molar-refractivity contribution >= 4 is 0 Å². The number of hydrogen-bond acceptors (Lipinski definition) is 1. The third-order valence-electron chi connectivity index (χ3n) is 2.90. The summed E-state index contributed by atoms with van der Waals surface area (Å²) in [7, 11) is 0. The predicted molar refractivity (Wildman–Crippen MR) is 55.6 cm³/mol. The first-order valence-electron chi connectivity index (χ1n) is 5.04. The first kappa shape index (κ1) is 8.76. The van der Waals surface area contributed by atoms with Crippen LogP contribution in [0.4, 0.5) is 0 Å². The van der Waals surface area contributed by atoms with Crippen molar-refractivity contribution in [3.05, 3.63) is 35.9 Å². The van der Waals surface area contributed by atoms with Gasteiger partial charge in [0.25, 0.3) is 0 Å². The Bertz CT molecular complexity index is 278. The maximum atomic E-state index is 2.54. The fourth-order valence-electron chi connectivity index (χ4n) is 2.26. The maximum Gasteiger partial charge on any atom is 0.0507 e. The topological polar surface area (TPSA) is 3.01 Å². The van der Waals surface area contributed by atoms with Crippen molar-refractivity contribution in [2.75, 3.05) is 0 Å². The summed E-state index contributed by atoms with van der Waals surface area (Å²) >= 11 is 0. The zero-order valence-corrected chi connectivity index (χ0v) is 8.57. The van der Waals surface area contributed by atoms with Gasteiger partial charge in [-0.05, 0) is 26.3 Å². The average Bonchev–Trinajstić information content (AvgIpc) is 2.79. The van der Waals surface area contributed by atoms with Crippen LogP contribution in [-0.4, -0.2) is 17.0 Å². The molecule has 1 aliphatic heterocycles. The second-order valence-corrected chi connectivity index (χ2v) is 4.14. The standard InChI is InChI=1S/C12H17N/c1-9(2)13-10(3)12(13)11-7-5-4-6-8-11/h4-10,12H,1-3H3. The van der Waals surface area contributed by atoms with Crippen LogP contribution in [0, 0.1) is 0 Å². The molecule has 1 aliphatic rings. The van der Waals surface area contributed by atoms with Crippen molar-refractivity contribution in [2.24, 2.45) is 0 Å². The number of hydrogen-bond donors (Lipinski definition) is 0. The molecule has 0 aromatic heterocycles. The Labute approximate surface area is 80.4 Å². The molecule has 0 saturated carbocycles. The van der Waals surface area contributed by atoms with E-state index in [1.165, 1.54) is 5.56 Å². The maximum absolute atomic E-state index is 2.54. The van der Waals surface area contributed by atoms with Crippen molar-refractivity contribution in [1.29, 1.82) is 0 Å². The Morgan fingerprint density at radius 2 is 1.77 bits per heavy atom. The van der Waals surface area contributed by atoms with Gasteiger partial charge in [-0.25, -0.2) is 0 Å². The minimum absolute atomic E-state index is 0.667. The molecule has 1 aromatic rings. The Morgan fingerprint density at radius 3 is 2.23 bits per heavy atom. The van der Waals surface area contributed by atoms with E-state index < -0.39 is 0 Å². The van der Waals surface area contributed by atoms with Gasteiger partial charge in [-0.2, -0.15) is 0 Å². The van der Waals surface area contributed by atoms with Crippen LogP contribution in [0.1, 0.15) is 32.4 Å². The summed E-state index contributed by atoms with van der Waals surface area (Å²) in [6, 6.07) is 12.8. The normalized spacial score (nSPS) is 32.2. The third kappa shape index (κ3) is 1.49. The second kappa shape index (κ2) is 3.15. The lowest BCUT2D eigenvalue weighted by Crippen LogP contribution is -2.10. The molecule has 0 aliphatic carbocycles. The van der Waals surface area contributed by atoms with E-state index in [2.05, 4.69) is 56.0 Å². The molecule has 1 fully saturated rings. The predicted octanol–water partition coefficient (Wildman–Crippen LogP) is 2.84. The van der Waals surface area contributed by atoms with E-state index in [0.717, 1.165) is 6.04 Å². The molecule has 70 valence electrons. The van der Waals surface area contributed by atoms with Crippen LogP contribution in [0.3, 0.4) is 0 Å². The minimum Gasteiger partial charge on any atom is -0.288 e. The third-order valence-corrected chi connectivity index (χ3v) is 2.90. The summed E-state index contributed by atoms with van der Waals surface area (Å²) in [5.41, 5.74) is 1.46. The monoisotopic (exact) mass is 175 g/mol. The van der Waals surface area contributed by atoms with Gasteiger partial charge in [0.2, 0.25) is 0 Å². The largest absolute Gasteiger partial charge is 0.288 e. The Morgan fingerprint density at radius 1 is 1.15 bits per heavy atom. The molecule has 0 radical (unpaired) electrons. The molecule has 1 heterocycles. The van der Waals surface area contributed by atoms with Crippen molar-refractivity contribution in [1.82, 2.24) is 4.90 Å². The number of rotatable bonds is 2. The summed E-state index contributed by atoms with van der Waals surface area (Å²) in [4.78, 5) is 2.54. The summed E-state index contributed by atoms with van der Waals surface area (Å²) < 4.78 is 0. The highest BCUT2D eigenvalue weighted by atomic mass is 15.4. The summed E-state index contributed by atoms with van der Waals surface area (Å²) in [6.07, 6.45) is 0. The molecule has 0 N–H and O–H groups in total. The quantitative estimate of drug-likeness (QED) is 0.625. The highest BCUT2D eigenvalue weighted by Gasteiger charge is 2.45. The van der Waals surface area contributed by atoms with E-state index in [9.17, 15) is 0 Å². The van der Waals surface area contributed by atoms with Gasteiger partial charge in [-0.3, -0.25) is 4.90 Å². The Hall–Kier alpha value is -0.820. The van der Waals surface area contributed by atoms with Crippen molar-refractivity contribution < 1.29 is 0 Å². The van der Waals surface area contributed by atoms with Gasteiger partial charge >= 0.3 is 0 Å². The summed E-state index contributed by atoms with van der Waals surface area (Å²) in [5.74, 6) is 0. The van der Waals surface area contributed by atoms with Gasteiger partial charge < -0.3 is 0 Å². The average molecular weight is 175 g/mol. The van der Waals surface area contributed by atoms with Crippen LogP contribution in [0.2, 0.25) is 0 Å². The Balaban J connectivity index is 2.14. The van der Waals surface area contributed by atoms with Crippen LogP contribution >= 0.6 is 0 Å². The first-order chi connectivity index (χ1) is 6.22. The first-order valence-corrected chi connectivity index (χ1v) is 5.04. The van der Waals surface area contributed by atoms with Crippen LogP contribution < -0.4 is 0 Å². The summed E-state index contributed by atoms with van der Waals surface area (Å²) in [6.45, 7) is 6.83. The molecule has 1 aromatic carbocycles. The fourth-order valence-corrected chi connectivity index (χ4v) is 2.26. The van der Waals surface area contributed by atoms with Crippen LogP contribution in [0.5, 0.6) is 0 Å². The molecule has 0 amide bonds. The van der Waals surface area contributed by atoms with Crippen molar-refractivity contribution in [3.63, 3.8) is 0 Å². The zero-order chi connectivity index (χ0) is 9.42. The van der Waals surface area contributed by atoms with Gasteiger partial charge in [0, 0.05) is 12.1 Å². The highest BCUT2D eigenvalue weighted by Crippen LogP contribution is 2.44. The lowest BCUT2D eigenvalue weighted by molar-refractivity contribution is 0.404. The molecule has 3 unspecified atom stereocenters. The lowest BCUT2D eigenvalue weighted by atomic mass is 10.1. The zero-order valence-electron chi connectivity index (χ0n) is 8.57. The summed E-state index contributed by atoms with van der Waals surface area (Å²) in [5, 5.41) is 0. The minimum atomic E-state index is 0.667. The molecule has 0 bridgehead atoms. The van der Waals surface area contributed by atoms with E-state index in [1.54, 1.807) is 0 Å². The molecular formula is C12H17N. The van der Waals surface area contributed by atoms with Gasteiger partial charge in [0.1, 0.15) is 0 Å². The molecule has 3 atom stereocenters. The number of benzene rings is 1. The van der Waals surface area contributed by atoms with Gasteiger partial charge in [-0.15, -0.1) is 0 Å². The van der Waals surface area contributed by atoms with Gasteiger partial charge in [-0.1, -0.05) is 30.3 Å². The smallest absolute Gasteiger partial charge is 0.0507 e. The van der Waals surface area contributed by atoms with E-state index >= 15 is 0 Å².